The summed E-state index contributed by atoms with van der Waals surface area (Å²) in [5.41, 5.74) is 1.80. The number of rotatable bonds is 5. The molecule has 1 aromatic carbocycles. The molecule has 1 aromatic rings. The van der Waals surface area contributed by atoms with Crippen LogP contribution in [0.15, 0.2) is 17.0 Å². The molecule has 0 radical (unpaired) electrons. The van der Waals surface area contributed by atoms with Crippen molar-refractivity contribution in [2.75, 3.05) is 20.8 Å². The summed E-state index contributed by atoms with van der Waals surface area (Å²) in [6, 6.07) is 3.09. The zero-order valence-corrected chi connectivity index (χ0v) is 12.0. The predicted octanol–water partition coefficient (Wildman–Crippen LogP) is 3.24. The molecule has 0 saturated carbocycles. The molecule has 0 saturated heterocycles. The minimum Gasteiger partial charge on any atom is -0.495 e. The zero-order chi connectivity index (χ0) is 13.8. The number of hydrogen-bond donors (Lipinski definition) is 1. The average molecular weight is 318 g/mol. The minimum atomic E-state index is -4.39. The van der Waals surface area contributed by atoms with Gasteiger partial charge >= 0.3 is 5.51 Å². The number of methoxy groups -OCH3 is 2. The van der Waals surface area contributed by atoms with E-state index in [0.29, 0.717) is 13.0 Å². The van der Waals surface area contributed by atoms with Crippen molar-refractivity contribution in [3.8, 4) is 11.5 Å². The Balaban J connectivity index is 0.00000324. The molecule has 0 aliphatic heterocycles. The highest BCUT2D eigenvalue weighted by Crippen LogP contribution is 2.46. The van der Waals surface area contributed by atoms with Crippen LogP contribution in [0.1, 0.15) is 5.56 Å². The van der Waals surface area contributed by atoms with E-state index in [1.807, 2.05) is 0 Å². The third kappa shape index (κ3) is 5.38. The van der Waals surface area contributed by atoms with Crippen molar-refractivity contribution in [2.24, 2.45) is 5.73 Å². The first-order chi connectivity index (χ1) is 8.41. The van der Waals surface area contributed by atoms with Crippen molar-refractivity contribution < 1.29 is 22.6 Å². The Bertz CT molecular complexity index is 390. The van der Waals surface area contributed by atoms with Crippen molar-refractivity contribution in [1.29, 1.82) is 0 Å². The molecule has 19 heavy (non-hydrogen) atoms. The Hall–Kier alpha value is -0.790. The minimum absolute atomic E-state index is 0. The molecule has 0 spiro atoms. The van der Waals surface area contributed by atoms with Crippen LogP contribution < -0.4 is 15.2 Å². The quantitative estimate of drug-likeness (QED) is 0.847. The lowest BCUT2D eigenvalue weighted by atomic mass is 10.1. The van der Waals surface area contributed by atoms with Crippen LogP contribution in [0.3, 0.4) is 0 Å². The van der Waals surface area contributed by atoms with Gasteiger partial charge < -0.3 is 15.2 Å². The van der Waals surface area contributed by atoms with Crippen LogP contribution in [-0.2, 0) is 6.42 Å². The molecule has 0 atom stereocenters. The molecular weight excluding hydrogens is 303 g/mol. The van der Waals surface area contributed by atoms with Crippen molar-refractivity contribution in [3.63, 3.8) is 0 Å². The van der Waals surface area contributed by atoms with Gasteiger partial charge in [-0.2, -0.15) is 13.2 Å². The Morgan fingerprint density at radius 2 is 1.63 bits per heavy atom. The molecule has 0 amide bonds. The summed E-state index contributed by atoms with van der Waals surface area (Å²) in [5, 5.41) is 0. The largest absolute Gasteiger partial charge is 0.495 e. The Morgan fingerprint density at radius 3 is 1.95 bits per heavy atom. The summed E-state index contributed by atoms with van der Waals surface area (Å²) in [6.07, 6.45) is 0.545. The number of ether oxygens (including phenoxy) is 2. The Labute approximate surface area is 120 Å². The summed E-state index contributed by atoms with van der Waals surface area (Å²) < 4.78 is 47.3. The molecule has 0 bridgehead atoms. The molecule has 110 valence electrons. The zero-order valence-electron chi connectivity index (χ0n) is 10.4. The normalized spacial score (nSPS) is 10.8. The molecular formula is C11H15ClF3NO2S. The van der Waals surface area contributed by atoms with Gasteiger partial charge in [-0.3, -0.25) is 0 Å². The van der Waals surface area contributed by atoms with E-state index in [4.69, 9.17) is 15.2 Å². The first-order valence-electron chi connectivity index (χ1n) is 5.12. The smallest absolute Gasteiger partial charge is 0.446 e. The molecule has 0 aliphatic carbocycles. The number of thioether (sulfide) groups is 1. The van der Waals surface area contributed by atoms with E-state index in [1.165, 1.54) is 14.2 Å². The standard InChI is InChI=1S/C11H14F3NO2S.ClH/c1-16-8-5-7(3-4-15)6-9(17-2)10(8)18-11(12,13)14;/h5-6H,3-4,15H2,1-2H3;1H. The van der Waals surface area contributed by atoms with Crippen molar-refractivity contribution >= 4 is 24.2 Å². The fourth-order valence-electron chi connectivity index (χ4n) is 1.46. The number of benzene rings is 1. The van der Waals surface area contributed by atoms with E-state index in [9.17, 15) is 13.2 Å². The van der Waals surface area contributed by atoms with Gasteiger partial charge in [0.2, 0.25) is 0 Å². The maximum absolute atomic E-state index is 12.5. The third-order valence-corrected chi connectivity index (χ3v) is 3.01. The summed E-state index contributed by atoms with van der Waals surface area (Å²) in [4.78, 5) is -0.0757. The van der Waals surface area contributed by atoms with Crippen molar-refractivity contribution in [3.05, 3.63) is 17.7 Å². The van der Waals surface area contributed by atoms with Gasteiger partial charge in [-0.25, -0.2) is 0 Å². The highest BCUT2D eigenvalue weighted by molar-refractivity contribution is 8.00. The van der Waals surface area contributed by atoms with E-state index < -0.39 is 5.51 Å². The van der Waals surface area contributed by atoms with Crippen LogP contribution in [-0.4, -0.2) is 26.3 Å². The van der Waals surface area contributed by atoms with E-state index in [1.54, 1.807) is 12.1 Å². The van der Waals surface area contributed by atoms with Crippen LogP contribution >= 0.6 is 24.2 Å². The Morgan fingerprint density at radius 1 is 1.16 bits per heavy atom. The van der Waals surface area contributed by atoms with Crippen LogP contribution in [0.25, 0.3) is 0 Å². The molecule has 0 fully saturated rings. The highest BCUT2D eigenvalue weighted by atomic mass is 35.5. The van der Waals surface area contributed by atoms with Gasteiger partial charge in [0.1, 0.15) is 11.5 Å². The lowest BCUT2D eigenvalue weighted by Gasteiger charge is -2.15. The lowest BCUT2D eigenvalue weighted by Crippen LogP contribution is -2.05. The van der Waals surface area contributed by atoms with Crippen molar-refractivity contribution in [2.45, 2.75) is 16.8 Å². The van der Waals surface area contributed by atoms with Gasteiger partial charge in [0, 0.05) is 0 Å². The molecule has 0 aromatic heterocycles. The van der Waals surface area contributed by atoms with Crippen LogP contribution in [0.5, 0.6) is 11.5 Å². The van der Waals surface area contributed by atoms with Gasteiger partial charge in [-0.1, -0.05) is 0 Å². The monoisotopic (exact) mass is 317 g/mol. The topological polar surface area (TPSA) is 44.5 Å². The fraction of sp³-hybridized carbons (Fsp3) is 0.455. The first kappa shape index (κ1) is 18.2. The van der Waals surface area contributed by atoms with Crippen LogP contribution in [0.4, 0.5) is 13.2 Å². The van der Waals surface area contributed by atoms with Gasteiger partial charge in [-0.15, -0.1) is 12.4 Å². The SMILES string of the molecule is COc1cc(CCN)cc(OC)c1SC(F)(F)F.Cl. The number of nitrogens with two attached hydrogens (primary N) is 1. The number of halogens is 4. The second kappa shape index (κ2) is 7.72. The maximum atomic E-state index is 12.5. The molecule has 0 heterocycles. The second-order valence-corrected chi connectivity index (χ2v) is 4.49. The predicted molar refractivity (Wildman–Crippen MR) is 71.5 cm³/mol. The second-order valence-electron chi connectivity index (χ2n) is 3.42. The molecule has 2 N–H and O–H groups in total. The summed E-state index contributed by atoms with van der Waals surface area (Å²) in [5.74, 6) is 0.278. The van der Waals surface area contributed by atoms with E-state index >= 15 is 0 Å². The first-order valence-corrected chi connectivity index (χ1v) is 5.93. The van der Waals surface area contributed by atoms with Gasteiger partial charge in [0.25, 0.3) is 0 Å². The van der Waals surface area contributed by atoms with Gasteiger partial charge in [0.15, 0.2) is 0 Å². The summed E-state index contributed by atoms with van der Waals surface area (Å²) in [7, 11) is 2.64. The van der Waals surface area contributed by atoms with Crippen molar-refractivity contribution in [1.82, 2.24) is 0 Å². The number of hydrogen-bond acceptors (Lipinski definition) is 4. The van der Waals surface area contributed by atoms with Crippen LogP contribution in [0.2, 0.25) is 0 Å². The molecule has 0 aliphatic rings. The molecule has 3 nitrogen and oxygen atoms in total. The number of alkyl halides is 3. The maximum Gasteiger partial charge on any atom is 0.446 e. The van der Waals surface area contributed by atoms with Crippen LogP contribution in [0, 0.1) is 0 Å². The van der Waals surface area contributed by atoms with E-state index in [2.05, 4.69) is 0 Å². The van der Waals surface area contributed by atoms with Gasteiger partial charge in [-0.05, 0) is 42.4 Å². The molecule has 8 heteroatoms. The summed E-state index contributed by atoms with van der Waals surface area (Å²) in [6.45, 7) is 0.401. The summed E-state index contributed by atoms with van der Waals surface area (Å²) >= 11 is -0.251. The van der Waals surface area contributed by atoms with E-state index in [0.717, 1.165) is 5.56 Å². The fourth-order valence-corrected chi connectivity index (χ4v) is 2.18. The average Bonchev–Trinajstić information content (AvgIpc) is 2.29. The molecule has 1 rings (SSSR count). The van der Waals surface area contributed by atoms with E-state index in [-0.39, 0.29) is 40.6 Å². The highest BCUT2D eigenvalue weighted by Gasteiger charge is 2.33. The van der Waals surface area contributed by atoms with Gasteiger partial charge in [0.05, 0.1) is 19.1 Å². The third-order valence-electron chi connectivity index (χ3n) is 2.17. The Kier molecular flexibility index (Phi) is 7.39. The molecule has 0 unspecified atom stereocenters. The lowest BCUT2D eigenvalue weighted by molar-refractivity contribution is -0.0329.